The molecule has 2 nitrogen and oxygen atoms in total. The van der Waals surface area contributed by atoms with Gasteiger partial charge in [-0.25, -0.2) is 4.39 Å². The molecule has 0 saturated heterocycles. The Morgan fingerprint density at radius 2 is 2.28 bits per heavy atom. The number of amides is 1. The van der Waals surface area contributed by atoms with Crippen molar-refractivity contribution >= 4 is 21.8 Å². The Labute approximate surface area is 115 Å². The molecule has 1 aliphatic rings. The molecule has 2 atom stereocenters. The SMILES string of the molecule is CC1CCC(CNC(=O)c2cccc(Br)c2F)C1. The van der Waals surface area contributed by atoms with E-state index in [1.807, 2.05) is 0 Å². The Morgan fingerprint density at radius 1 is 1.50 bits per heavy atom. The molecule has 0 radical (unpaired) electrons. The van der Waals surface area contributed by atoms with Gasteiger partial charge in [-0.3, -0.25) is 4.79 Å². The maximum absolute atomic E-state index is 13.7. The highest BCUT2D eigenvalue weighted by molar-refractivity contribution is 9.10. The van der Waals surface area contributed by atoms with Gasteiger partial charge in [0.2, 0.25) is 0 Å². The smallest absolute Gasteiger partial charge is 0.254 e. The predicted molar refractivity (Wildman–Crippen MR) is 72.9 cm³/mol. The first kappa shape index (κ1) is 13.5. The van der Waals surface area contributed by atoms with Gasteiger partial charge in [0.05, 0.1) is 10.0 Å². The number of benzene rings is 1. The molecule has 0 aliphatic heterocycles. The van der Waals surface area contributed by atoms with Gasteiger partial charge in [-0.05, 0) is 52.7 Å². The highest BCUT2D eigenvalue weighted by atomic mass is 79.9. The van der Waals surface area contributed by atoms with E-state index in [1.165, 1.54) is 12.5 Å². The average molecular weight is 314 g/mol. The van der Waals surface area contributed by atoms with Crippen LogP contribution in [-0.2, 0) is 0 Å². The monoisotopic (exact) mass is 313 g/mol. The van der Waals surface area contributed by atoms with Crippen LogP contribution in [0.15, 0.2) is 22.7 Å². The minimum Gasteiger partial charge on any atom is -0.352 e. The summed E-state index contributed by atoms with van der Waals surface area (Å²) in [5.74, 6) is 0.469. The molecule has 1 N–H and O–H groups in total. The number of hydrogen-bond donors (Lipinski definition) is 1. The van der Waals surface area contributed by atoms with Crippen LogP contribution >= 0.6 is 15.9 Å². The zero-order chi connectivity index (χ0) is 13.1. The summed E-state index contributed by atoms with van der Waals surface area (Å²) in [5, 5.41) is 2.83. The van der Waals surface area contributed by atoms with Crippen LogP contribution in [0, 0.1) is 17.7 Å². The molecule has 1 aliphatic carbocycles. The summed E-state index contributed by atoms with van der Waals surface area (Å²) < 4.78 is 14.0. The lowest BCUT2D eigenvalue weighted by Crippen LogP contribution is -2.29. The van der Waals surface area contributed by atoms with Crippen LogP contribution in [-0.4, -0.2) is 12.5 Å². The normalized spacial score (nSPS) is 23.1. The molecule has 2 unspecified atom stereocenters. The first-order chi connectivity index (χ1) is 8.58. The lowest BCUT2D eigenvalue weighted by atomic mass is 10.1. The van der Waals surface area contributed by atoms with E-state index in [0.29, 0.717) is 16.9 Å². The molecule has 0 spiro atoms. The Kier molecular flexibility index (Phi) is 4.38. The topological polar surface area (TPSA) is 29.1 Å². The number of rotatable bonds is 3. The summed E-state index contributed by atoms with van der Waals surface area (Å²) >= 11 is 3.08. The second-order valence-electron chi connectivity index (χ2n) is 5.10. The van der Waals surface area contributed by atoms with Gasteiger partial charge in [0.25, 0.3) is 5.91 Å². The molecule has 18 heavy (non-hydrogen) atoms. The number of hydrogen-bond acceptors (Lipinski definition) is 1. The zero-order valence-electron chi connectivity index (χ0n) is 10.4. The van der Waals surface area contributed by atoms with Crippen LogP contribution in [0.25, 0.3) is 0 Å². The minimum atomic E-state index is -0.491. The van der Waals surface area contributed by atoms with Crippen molar-refractivity contribution in [3.8, 4) is 0 Å². The first-order valence-corrected chi connectivity index (χ1v) is 7.09. The molecule has 4 heteroatoms. The van der Waals surface area contributed by atoms with Crippen molar-refractivity contribution in [1.82, 2.24) is 5.32 Å². The van der Waals surface area contributed by atoms with Crippen molar-refractivity contribution < 1.29 is 9.18 Å². The van der Waals surface area contributed by atoms with E-state index in [1.54, 1.807) is 12.1 Å². The Bertz CT molecular complexity index is 449. The number of carbonyl (C=O) groups excluding carboxylic acids is 1. The third-order valence-corrected chi connectivity index (χ3v) is 4.16. The number of halogens is 2. The fraction of sp³-hybridized carbons (Fsp3) is 0.500. The van der Waals surface area contributed by atoms with E-state index >= 15 is 0 Å². The van der Waals surface area contributed by atoms with Crippen molar-refractivity contribution in [1.29, 1.82) is 0 Å². The molecule has 1 amide bonds. The quantitative estimate of drug-likeness (QED) is 0.904. The van der Waals surface area contributed by atoms with E-state index < -0.39 is 5.82 Å². The van der Waals surface area contributed by atoms with Crippen molar-refractivity contribution in [2.45, 2.75) is 26.2 Å². The van der Waals surface area contributed by atoms with Crippen molar-refractivity contribution in [3.63, 3.8) is 0 Å². The van der Waals surface area contributed by atoms with Gasteiger partial charge in [-0.2, -0.15) is 0 Å². The zero-order valence-corrected chi connectivity index (χ0v) is 12.0. The Morgan fingerprint density at radius 3 is 2.94 bits per heavy atom. The molecule has 0 aromatic heterocycles. The van der Waals surface area contributed by atoms with Crippen LogP contribution in [0.5, 0.6) is 0 Å². The molecule has 1 aromatic rings. The van der Waals surface area contributed by atoms with E-state index in [-0.39, 0.29) is 11.5 Å². The minimum absolute atomic E-state index is 0.107. The van der Waals surface area contributed by atoms with Crippen LogP contribution < -0.4 is 5.32 Å². The number of carbonyl (C=O) groups is 1. The highest BCUT2D eigenvalue weighted by Crippen LogP contribution is 2.29. The molecular weight excluding hydrogens is 297 g/mol. The molecule has 1 saturated carbocycles. The summed E-state index contributed by atoms with van der Waals surface area (Å²) in [4.78, 5) is 11.9. The summed E-state index contributed by atoms with van der Waals surface area (Å²) in [5.41, 5.74) is 0.107. The van der Waals surface area contributed by atoms with Gasteiger partial charge in [0, 0.05) is 6.54 Å². The molecule has 98 valence electrons. The third kappa shape index (κ3) is 3.10. The van der Waals surface area contributed by atoms with Crippen molar-refractivity contribution in [3.05, 3.63) is 34.1 Å². The second-order valence-corrected chi connectivity index (χ2v) is 5.95. The largest absolute Gasteiger partial charge is 0.352 e. The van der Waals surface area contributed by atoms with Crippen molar-refractivity contribution in [2.75, 3.05) is 6.54 Å². The van der Waals surface area contributed by atoms with Gasteiger partial charge in [0.15, 0.2) is 0 Å². The molecule has 2 rings (SSSR count). The lowest BCUT2D eigenvalue weighted by Gasteiger charge is -2.11. The molecule has 0 bridgehead atoms. The summed E-state index contributed by atoms with van der Waals surface area (Å²) in [7, 11) is 0. The van der Waals surface area contributed by atoms with Crippen LogP contribution in [0.4, 0.5) is 4.39 Å². The highest BCUT2D eigenvalue weighted by Gasteiger charge is 2.22. The van der Waals surface area contributed by atoms with E-state index in [4.69, 9.17) is 0 Å². The van der Waals surface area contributed by atoms with Gasteiger partial charge >= 0.3 is 0 Å². The fourth-order valence-electron chi connectivity index (χ4n) is 2.52. The molecule has 1 aromatic carbocycles. The molecule has 0 heterocycles. The van der Waals surface area contributed by atoms with Crippen LogP contribution in [0.2, 0.25) is 0 Å². The van der Waals surface area contributed by atoms with Gasteiger partial charge < -0.3 is 5.32 Å². The third-order valence-electron chi connectivity index (χ3n) is 3.55. The summed E-state index contributed by atoms with van der Waals surface area (Å²) in [6, 6.07) is 4.76. The summed E-state index contributed by atoms with van der Waals surface area (Å²) in [6.45, 7) is 2.88. The Balaban J connectivity index is 1.94. The lowest BCUT2D eigenvalue weighted by molar-refractivity contribution is 0.0943. The van der Waals surface area contributed by atoms with Crippen molar-refractivity contribution in [2.24, 2.45) is 11.8 Å². The van der Waals surface area contributed by atoms with E-state index in [9.17, 15) is 9.18 Å². The fourth-order valence-corrected chi connectivity index (χ4v) is 2.89. The standard InChI is InChI=1S/C14H17BrFNO/c1-9-5-6-10(7-9)8-17-14(18)11-3-2-4-12(15)13(11)16/h2-4,9-10H,5-8H2,1H3,(H,17,18). The van der Waals surface area contributed by atoms with Crippen LogP contribution in [0.3, 0.4) is 0 Å². The van der Waals surface area contributed by atoms with Gasteiger partial charge in [-0.1, -0.05) is 19.4 Å². The first-order valence-electron chi connectivity index (χ1n) is 6.30. The van der Waals surface area contributed by atoms with E-state index in [2.05, 4.69) is 28.2 Å². The summed E-state index contributed by atoms with van der Waals surface area (Å²) in [6.07, 6.45) is 3.54. The maximum atomic E-state index is 13.7. The molecule has 1 fully saturated rings. The van der Waals surface area contributed by atoms with Crippen LogP contribution in [0.1, 0.15) is 36.5 Å². The van der Waals surface area contributed by atoms with Gasteiger partial charge in [-0.15, -0.1) is 0 Å². The van der Waals surface area contributed by atoms with E-state index in [0.717, 1.165) is 18.8 Å². The second kappa shape index (κ2) is 5.83. The maximum Gasteiger partial charge on any atom is 0.254 e. The number of nitrogens with one attached hydrogen (secondary N) is 1. The van der Waals surface area contributed by atoms with Gasteiger partial charge in [0.1, 0.15) is 5.82 Å². The Hall–Kier alpha value is -0.900. The predicted octanol–water partition coefficient (Wildman–Crippen LogP) is 3.75. The molecular formula is C14H17BrFNO. The average Bonchev–Trinajstić information content (AvgIpc) is 2.76.